The molecule has 72 valence electrons. The number of hydrogen-bond acceptors (Lipinski definition) is 2. The molecule has 0 fully saturated rings. The molecule has 0 radical (unpaired) electrons. The van der Waals surface area contributed by atoms with Gasteiger partial charge in [-0.05, 0) is 12.3 Å². The minimum Gasteiger partial charge on any atom is -0.273 e. The summed E-state index contributed by atoms with van der Waals surface area (Å²) in [6.45, 7) is 9.13. The number of allylic oxidation sites excluding steroid dienone is 1. The molecule has 2 atom stereocenters. The summed E-state index contributed by atoms with van der Waals surface area (Å²) in [4.78, 5) is 8.40. The second kappa shape index (κ2) is 4.35. The molecule has 0 saturated heterocycles. The fourth-order valence-corrected chi connectivity index (χ4v) is 1.76. The van der Waals surface area contributed by atoms with Gasteiger partial charge in [0, 0.05) is 11.6 Å². The van der Waals surface area contributed by atoms with Crippen LogP contribution < -0.4 is 0 Å². The highest BCUT2D eigenvalue weighted by Crippen LogP contribution is 2.33. The van der Waals surface area contributed by atoms with E-state index < -0.39 is 0 Å². The molecule has 13 heavy (non-hydrogen) atoms. The third kappa shape index (κ3) is 2.06. The van der Waals surface area contributed by atoms with Crippen LogP contribution in [-0.2, 0) is 0 Å². The van der Waals surface area contributed by atoms with Gasteiger partial charge in [-0.2, -0.15) is 0 Å². The standard InChI is InChI=1S/C11H18N2/c1-4-6-11(10(3)5-2)7-12-9-13-8-11/h4,7,9-10H,1,5-6,8H2,2-3H3. The summed E-state index contributed by atoms with van der Waals surface area (Å²) < 4.78 is 0. The Bertz CT molecular complexity index is 226. The molecule has 0 aromatic carbocycles. The monoisotopic (exact) mass is 178 g/mol. The molecule has 1 aliphatic heterocycles. The number of nitrogens with zero attached hydrogens (tertiary/aromatic N) is 2. The Labute approximate surface area is 80.5 Å². The lowest BCUT2D eigenvalue weighted by atomic mass is 9.73. The van der Waals surface area contributed by atoms with Gasteiger partial charge in [0.2, 0.25) is 0 Å². The maximum absolute atomic E-state index is 4.25. The van der Waals surface area contributed by atoms with Crippen molar-refractivity contribution in [2.75, 3.05) is 6.54 Å². The molecule has 0 aromatic heterocycles. The SMILES string of the molecule is C=CCC1(C(C)CC)C=NC=NC1. The Kier molecular flexibility index (Phi) is 3.40. The van der Waals surface area contributed by atoms with Crippen LogP contribution in [-0.4, -0.2) is 19.1 Å². The molecule has 0 N–H and O–H groups in total. The second-order valence-corrected chi connectivity index (χ2v) is 3.77. The van der Waals surface area contributed by atoms with Crippen LogP contribution in [0.3, 0.4) is 0 Å². The molecule has 0 bridgehead atoms. The van der Waals surface area contributed by atoms with Crippen LogP contribution in [0, 0.1) is 11.3 Å². The Morgan fingerprint density at radius 3 is 2.92 bits per heavy atom. The van der Waals surface area contributed by atoms with E-state index in [1.54, 1.807) is 6.34 Å². The average Bonchev–Trinajstić information content (AvgIpc) is 2.18. The first-order valence-corrected chi connectivity index (χ1v) is 4.88. The van der Waals surface area contributed by atoms with Crippen molar-refractivity contribution in [3.8, 4) is 0 Å². The lowest BCUT2D eigenvalue weighted by Gasteiger charge is -2.34. The highest BCUT2D eigenvalue weighted by Gasteiger charge is 2.33. The number of rotatable bonds is 4. The van der Waals surface area contributed by atoms with Crippen LogP contribution in [0.5, 0.6) is 0 Å². The van der Waals surface area contributed by atoms with Gasteiger partial charge in [-0.1, -0.05) is 26.3 Å². The fraction of sp³-hybridized carbons (Fsp3) is 0.636. The third-order valence-electron chi connectivity index (χ3n) is 2.98. The summed E-state index contributed by atoms with van der Waals surface area (Å²) >= 11 is 0. The molecule has 0 spiro atoms. The fourth-order valence-electron chi connectivity index (χ4n) is 1.76. The van der Waals surface area contributed by atoms with E-state index in [2.05, 4.69) is 36.6 Å². The Morgan fingerprint density at radius 2 is 2.46 bits per heavy atom. The largest absolute Gasteiger partial charge is 0.273 e. The van der Waals surface area contributed by atoms with Gasteiger partial charge in [0.1, 0.15) is 6.34 Å². The van der Waals surface area contributed by atoms with Crippen LogP contribution in [0.1, 0.15) is 26.7 Å². The van der Waals surface area contributed by atoms with Crippen LogP contribution in [0.4, 0.5) is 0 Å². The van der Waals surface area contributed by atoms with E-state index in [0.29, 0.717) is 5.92 Å². The van der Waals surface area contributed by atoms with Gasteiger partial charge in [-0.15, -0.1) is 6.58 Å². The smallest absolute Gasteiger partial charge is 0.109 e. The van der Waals surface area contributed by atoms with E-state index in [0.717, 1.165) is 19.4 Å². The van der Waals surface area contributed by atoms with Crippen LogP contribution in [0.15, 0.2) is 22.6 Å². The van der Waals surface area contributed by atoms with Crippen molar-refractivity contribution < 1.29 is 0 Å². The average molecular weight is 178 g/mol. The topological polar surface area (TPSA) is 24.7 Å². The third-order valence-corrected chi connectivity index (χ3v) is 2.98. The number of hydrogen-bond donors (Lipinski definition) is 0. The zero-order valence-corrected chi connectivity index (χ0v) is 8.53. The van der Waals surface area contributed by atoms with Gasteiger partial charge in [0.25, 0.3) is 0 Å². The van der Waals surface area contributed by atoms with Crippen molar-refractivity contribution in [2.45, 2.75) is 26.7 Å². The molecule has 2 heteroatoms. The Morgan fingerprint density at radius 1 is 1.69 bits per heavy atom. The first-order chi connectivity index (χ1) is 6.25. The number of aliphatic imine (C=N–C) groups is 2. The van der Waals surface area contributed by atoms with Gasteiger partial charge >= 0.3 is 0 Å². The summed E-state index contributed by atoms with van der Waals surface area (Å²) in [6, 6.07) is 0. The maximum atomic E-state index is 4.25. The molecular formula is C11H18N2. The molecule has 2 nitrogen and oxygen atoms in total. The zero-order chi connectivity index (χ0) is 9.73. The van der Waals surface area contributed by atoms with E-state index in [4.69, 9.17) is 0 Å². The van der Waals surface area contributed by atoms with Crippen molar-refractivity contribution in [3.63, 3.8) is 0 Å². The van der Waals surface area contributed by atoms with Crippen molar-refractivity contribution >= 4 is 12.6 Å². The molecule has 0 aromatic rings. The van der Waals surface area contributed by atoms with Crippen molar-refractivity contribution in [3.05, 3.63) is 12.7 Å². The summed E-state index contributed by atoms with van der Waals surface area (Å²) in [5.41, 5.74) is 0.130. The minimum atomic E-state index is 0.130. The minimum absolute atomic E-state index is 0.130. The molecule has 1 heterocycles. The summed E-state index contributed by atoms with van der Waals surface area (Å²) in [7, 11) is 0. The Balaban J connectivity index is 2.80. The lowest BCUT2D eigenvalue weighted by Crippen LogP contribution is -2.34. The lowest BCUT2D eigenvalue weighted by molar-refractivity contribution is 0.286. The summed E-state index contributed by atoms with van der Waals surface area (Å²) in [5, 5.41) is 0. The quantitative estimate of drug-likeness (QED) is 0.591. The van der Waals surface area contributed by atoms with Gasteiger partial charge in [0.05, 0.1) is 6.54 Å². The molecular weight excluding hydrogens is 160 g/mol. The van der Waals surface area contributed by atoms with Crippen LogP contribution in [0.2, 0.25) is 0 Å². The van der Waals surface area contributed by atoms with Gasteiger partial charge < -0.3 is 0 Å². The molecule has 1 aliphatic rings. The van der Waals surface area contributed by atoms with E-state index >= 15 is 0 Å². The van der Waals surface area contributed by atoms with E-state index in [1.807, 2.05) is 6.08 Å². The summed E-state index contributed by atoms with van der Waals surface area (Å²) in [5.74, 6) is 0.617. The van der Waals surface area contributed by atoms with Crippen molar-refractivity contribution in [1.82, 2.24) is 0 Å². The Hall–Kier alpha value is -0.920. The second-order valence-electron chi connectivity index (χ2n) is 3.77. The molecule has 0 aliphatic carbocycles. The predicted molar refractivity (Wildman–Crippen MR) is 58.6 cm³/mol. The van der Waals surface area contributed by atoms with Crippen molar-refractivity contribution in [1.29, 1.82) is 0 Å². The first-order valence-electron chi connectivity index (χ1n) is 4.88. The highest BCUT2D eigenvalue weighted by atomic mass is 14.9. The van der Waals surface area contributed by atoms with Crippen LogP contribution >= 0.6 is 0 Å². The predicted octanol–water partition coefficient (Wildman–Crippen LogP) is 2.71. The van der Waals surface area contributed by atoms with Crippen LogP contribution in [0.25, 0.3) is 0 Å². The van der Waals surface area contributed by atoms with Crippen molar-refractivity contribution in [2.24, 2.45) is 21.3 Å². The van der Waals surface area contributed by atoms with Gasteiger partial charge in [-0.25, -0.2) is 4.99 Å². The van der Waals surface area contributed by atoms with E-state index in [9.17, 15) is 0 Å². The molecule has 2 unspecified atom stereocenters. The van der Waals surface area contributed by atoms with E-state index in [-0.39, 0.29) is 5.41 Å². The molecule has 1 rings (SSSR count). The zero-order valence-electron chi connectivity index (χ0n) is 8.53. The summed E-state index contributed by atoms with van der Waals surface area (Å²) in [6.07, 6.45) is 7.80. The molecule has 0 amide bonds. The maximum Gasteiger partial charge on any atom is 0.109 e. The van der Waals surface area contributed by atoms with Gasteiger partial charge in [-0.3, -0.25) is 4.99 Å². The van der Waals surface area contributed by atoms with Gasteiger partial charge in [0.15, 0.2) is 0 Å². The molecule has 0 saturated carbocycles. The first kappa shape index (κ1) is 10.2. The highest BCUT2D eigenvalue weighted by molar-refractivity contribution is 5.79. The van der Waals surface area contributed by atoms with E-state index in [1.165, 1.54) is 0 Å². The normalized spacial score (nSPS) is 28.8.